The summed E-state index contributed by atoms with van der Waals surface area (Å²) in [4.78, 5) is 39.8. The van der Waals surface area contributed by atoms with Crippen molar-refractivity contribution in [3.05, 3.63) is 77.7 Å². The highest BCUT2D eigenvalue weighted by atomic mass is 16.2. The Kier molecular flexibility index (Phi) is 7.11. The molecule has 186 valence electrons. The van der Waals surface area contributed by atoms with Crippen molar-refractivity contribution in [2.45, 2.75) is 31.7 Å². The highest BCUT2D eigenvalue weighted by Gasteiger charge is 2.28. The number of rotatable bonds is 8. The fourth-order valence-corrected chi connectivity index (χ4v) is 5.30. The van der Waals surface area contributed by atoms with Gasteiger partial charge in [0.25, 0.3) is 5.91 Å². The standard InChI is InChI=1S/C28H32N6O2/c1-29-24-8-4-2-6-21(24)10-14-33(20-35)23-12-15-32(16-13-23)27-18-25(30-19-31-27)28(36)34-17-11-22-7-3-5-9-26(22)34/h2-9,18-20,23,29H,10-17H2,1H3. The van der Waals surface area contributed by atoms with E-state index in [9.17, 15) is 9.59 Å². The van der Waals surface area contributed by atoms with E-state index in [-0.39, 0.29) is 11.9 Å². The van der Waals surface area contributed by atoms with E-state index in [4.69, 9.17) is 0 Å². The molecule has 36 heavy (non-hydrogen) atoms. The Hall–Kier alpha value is -3.94. The van der Waals surface area contributed by atoms with Gasteiger partial charge < -0.3 is 20.0 Å². The summed E-state index contributed by atoms with van der Waals surface area (Å²) in [6.45, 7) is 2.91. The van der Waals surface area contributed by atoms with E-state index < -0.39 is 0 Å². The zero-order valence-corrected chi connectivity index (χ0v) is 20.6. The normalized spacial score (nSPS) is 15.5. The largest absolute Gasteiger partial charge is 0.388 e. The number of benzene rings is 2. The first kappa shape index (κ1) is 23.8. The average molecular weight is 485 g/mol. The number of carbonyl (C=O) groups excluding carboxylic acids is 2. The number of carbonyl (C=O) groups is 2. The minimum Gasteiger partial charge on any atom is -0.388 e. The fourth-order valence-electron chi connectivity index (χ4n) is 5.30. The second-order valence-electron chi connectivity index (χ2n) is 9.32. The molecule has 0 bridgehead atoms. The van der Waals surface area contributed by atoms with Gasteiger partial charge in [-0.25, -0.2) is 9.97 Å². The van der Waals surface area contributed by atoms with Crippen molar-refractivity contribution in [3.63, 3.8) is 0 Å². The average Bonchev–Trinajstić information content (AvgIpc) is 3.38. The number of hydrogen-bond donors (Lipinski definition) is 1. The van der Waals surface area contributed by atoms with Gasteiger partial charge in [0.05, 0.1) is 0 Å². The molecule has 2 aliphatic rings. The van der Waals surface area contributed by atoms with Crippen molar-refractivity contribution in [2.75, 3.05) is 48.3 Å². The van der Waals surface area contributed by atoms with Gasteiger partial charge in [0, 0.05) is 56.7 Å². The van der Waals surface area contributed by atoms with E-state index >= 15 is 0 Å². The van der Waals surface area contributed by atoms with E-state index in [1.165, 1.54) is 17.5 Å². The Morgan fingerprint density at radius 3 is 2.67 bits per heavy atom. The maximum atomic E-state index is 13.2. The molecule has 5 rings (SSSR count). The summed E-state index contributed by atoms with van der Waals surface area (Å²) in [7, 11) is 1.92. The van der Waals surface area contributed by atoms with Crippen LogP contribution in [0.4, 0.5) is 17.2 Å². The van der Waals surface area contributed by atoms with Crippen LogP contribution in [0.2, 0.25) is 0 Å². The Labute approximate surface area is 212 Å². The van der Waals surface area contributed by atoms with Crippen LogP contribution in [0.5, 0.6) is 0 Å². The number of hydrogen-bond acceptors (Lipinski definition) is 6. The van der Waals surface area contributed by atoms with Crippen LogP contribution in [0, 0.1) is 0 Å². The minimum absolute atomic E-state index is 0.0903. The summed E-state index contributed by atoms with van der Waals surface area (Å²) in [6, 6.07) is 18.2. The predicted octanol–water partition coefficient (Wildman–Crippen LogP) is 3.39. The molecule has 1 aromatic heterocycles. The topological polar surface area (TPSA) is 81.7 Å². The number of anilines is 3. The second kappa shape index (κ2) is 10.8. The van der Waals surface area contributed by atoms with Crippen molar-refractivity contribution in [2.24, 2.45) is 0 Å². The summed E-state index contributed by atoms with van der Waals surface area (Å²) in [5, 5.41) is 3.22. The third-order valence-corrected chi connectivity index (χ3v) is 7.32. The molecule has 3 heterocycles. The first-order chi connectivity index (χ1) is 17.7. The van der Waals surface area contributed by atoms with E-state index in [0.717, 1.165) is 62.4 Å². The summed E-state index contributed by atoms with van der Waals surface area (Å²) >= 11 is 0. The van der Waals surface area contributed by atoms with Crippen LogP contribution in [0.1, 0.15) is 34.5 Å². The summed E-state index contributed by atoms with van der Waals surface area (Å²) in [5.74, 6) is 0.673. The molecule has 2 aliphatic heterocycles. The van der Waals surface area contributed by atoms with Crippen LogP contribution in [0.15, 0.2) is 60.9 Å². The number of fused-ring (bicyclic) bond motifs is 1. The lowest BCUT2D eigenvalue weighted by molar-refractivity contribution is -0.120. The quantitative estimate of drug-likeness (QED) is 0.494. The maximum absolute atomic E-state index is 13.2. The van der Waals surface area contributed by atoms with Crippen LogP contribution in [-0.2, 0) is 17.6 Å². The van der Waals surface area contributed by atoms with Gasteiger partial charge in [0.2, 0.25) is 6.41 Å². The van der Waals surface area contributed by atoms with Crippen LogP contribution < -0.4 is 15.1 Å². The highest BCUT2D eigenvalue weighted by Crippen LogP contribution is 2.29. The summed E-state index contributed by atoms with van der Waals surface area (Å²) in [6.07, 6.45) is 5.86. The smallest absolute Gasteiger partial charge is 0.277 e. The molecule has 0 saturated carbocycles. The van der Waals surface area contributed by atoms with Crippen LogP contribution in [-0.4, -0.2) is 66.5 Å². The molecule has 3 aromatic rings. The van der Waals surface area contributed by atoms with Crippen molar-refractivity contribution in [1.82, 2.24) is 14.9 Å². The number of piperidine rings is 1. The molecule has 0 atom stereocenters. The fraction of sp³-hybridized carbons (Fsp3) is 0.357. The zero-order valence-electron chi connectivity index (χ0n) is 20.6. The van der Waals surface area contributed by atoms with Crippen molar-refractivity contribution in [3.8, 4) is 0 Å². The maximum Gasteiger partial charge on any atom is 0.277 e. The lowest BCUT2D eigenvalue weighted by atomic mass is 10.0. The molecule has 2 amide bonds. The molecule has 8 heteroatoms. The Bertz CT molecular complexity index is 1220. The van der Waals surface area contributed by atoms with E-state index in [1.807, 2.05) is 47.2 Å². The first-order valence-electron chi connectivity index (χ1n) is 12.6. The number of nitrogens with zero attached hydrogens (tertiary/aromatic N) is 5. The van der Waals surface area contributed by atoms with E-state index in [1.54, 1.807) is 6.07 Å². The highest BCUT2D eigenvalue weighted by molar-refractivity contribution is 6.06. The number of aromatic nitrogens is 2. The van der Waals surface area contributed by atoms with Gasteiger partial charge in [-0.1, -0.05) is 36.4 Å². The number of para-hydroxylation sites is 2. The molecule has 0 radical (unpaired) electrons. The minimum atomic E-state index is -0.0903. The van der Waals surface area contributed by atoms with Crippen LogP contribution in [0.3, 0.4) is 0 Å². The zero-order chi connectivity index (χ0) is 24.9. The monoisotopic (exact) mass is 484 g/mol. The number of nitrogens with one attached hydrogen (secondary N) is 1. The van der Waals surface area contributed by atoms with Gasteiger partial charge in [-0.3, -0.25) is 9.59 Å². The molecule has 0 spiro atoms. The van der Waals surface area contributed by atoms with Gasteiger partial charge in [0.1, 0.15) is 17.8 Å². The van der Waals surface area contributed by atoms with Crippen LogP contribution in [0.25, 0.3) is 0 Å². The molecule has 0 unspecified atom stereocenters. The van der Waals surface area contributed by atoms with Gasteiger partial charge in [-0.2, -0.15) is 0 Å². The molecule has 2 aromatic carbocycles. The molecule has 8 nitrogen and oxygen atoms in total. The molecule has 1 N–H and O–H groups in total. The van der Waals surface area contributed by atoms with Gasteiger partial charge in [-0.15, -0.1) is 0 Å². The van der Waals surface area contributed by atoms with Crippen LogP contribution >= 0.6 is 0 Å². The Morgan fingerprint density at radius 2 is 1.86 bits per heavy atom. The van der Waals surface area contributed by atoms with E-state index in [0.29, 0.717) is 18.8 Å². The van der Waals surface area contributed by atoms with Gasteiger partial charge in [-0.05, 0) is 48.9 Å². The molecule has 1 saturated heterocycles. The lowest BCUT2D eigenvalue weighted by Crippen LogP contribution is -2.45. The van der Waals surface area contributed by atoms with Gasteiger partial charge in [0.15, 0.2) is 0 Å². The molecule has 0 aliphatic carbocycles. The molecular formula is C28H32N6O2. The SMILES string of the molecule is CNc1ccccc1CCN(C=O)C1CCN(c2cc(C(=O)N3CCc4ccccc43)ncn2)CC1. The Balaban J connectivity index is 1.20. The lowest BCUT2D eigenvalue weighted by Gasteiger charge is -2.37. The van der Waals surface area contributed by atoms with Crippen molar-refractivity contribution < 1.29 is 9.59 Å². The molecular weight excluding hydrogens is 452 g/mol. The third kappa shape index (κ3) is 4.89. The number of amides is 2. The van der Waals surface area contributed by atoms with Crippen molar-refractivity contribution in [1.29, 1.82) is 0 Å². The summed E-state index contributed by atoms with van der Waals surface area (Å²) in [5.41, 5.74) is 4.88. The summed E-state index contributed by atoms with van der Waals surface area (Å²) < 4.78 is 0. The first-order valence-corrected chi connectivity index (χ1v) is 12.6. The Morgan fingerprint density at radius 1 is 1.08 bits per heavy atom. The molecule has 1 fully saturated rings. The van der Waals surface area contributed by atoms with E-state index in [2.05, 4.69) is 38.4 Å². The second-order valence-corrected chi connectivity index (χ2v) is 9.32. The van der Waals surface area contributed by atoms with Gasteiger partial charge >= 0.3 is 0 Å². The predicted molar refractivity (Wildman–Crippen MR) is 142 cm³/mol. The van der Waals surface area contributed by atoms with Crippen molar-refractivity contribution >= 4 is 29.5 Å². The third-order valence-electron chi connectivity index (χ3n) is 7.32.